The molecule has 0 aromatic heterocycles. The van der Waals surface area contributed by atoms with Crippen molar-refractivity contribution in [3.8, 4) is 0 Å². The maximum atomic E-state index is 6.34. The van der Waals surface area contributed by atoms with Gasteiger partial charge in [0, 0.05) is 34.3 Å². The summed E-state index contributed by atoms with van der Waals surface area (Å²) in [6.45, 7) is 4.84. The van der Waals surface area contributed by atoms with Gasteiger partial charge in [-0.1, -0.05) is 40.5 Å². The molecule has 1 aliphatic rings. The van der Waals surface area contributed by atoms with Gasteiger partial charge in [0.05, 0.1) is 0 Å². The van der Waals surface area contributed by atoms with E-state index in [9.17, 15) is 0 Å². The van der Waals surface area contributed by atoms with Gasteiger partial charge in [-0.2, -0.15) is 0 Å². The van der Waals surface area contributed by atoms with E-state index in [-0.39, 0.29) is 0 Å². The number of nitrogens with one attached hydrogen (secondary N) is 1. The molecule has 1 fully saturated rings. The van der Waals surface area contributed by atoms with E-state index in [0.717, 1.165) is 42.1 Å². The molecule has 0 radical (unpaired) electrons. The molecule has 1 saturated heterocycles. The van der Waals surface area contributed by atoms with Crippen LogP contribution in [0.25, 0.3) is 0 Å². The molecule has 18 heavy (non-hydrogen) atoms. The first-order valence-corrected chi connectivity index (χ1v) is 7.64. The average Bonchev–Trinajstić information content (AvgIpc) is 2.82. The molecule has 1 aromatic carbocycles. The second kappa shape index (κ2) is 6.90. The molecule has 2 nitrogen and oxygen atoms in total. The average molecular weight is 333 g/mol. The number of halogens is 2. The molecule has 1 aliphatic heterocycles. The van der Waals surface area contributed by atoms with Crippen LogP contribution in [0.5, 0.6) is 0 Å². The first-order chi connectivity index (χ1) is 8.72. The van der Waals surface area contributed by atoms with Crippen LogP contribution in [0, 0.1) is 5.92 Å². The third-order valence-electron chi connectivity index (χ3n) is 3.39. The smallest absolute Gasteiger partial charge is 0.0495 e. The van der Waals surface area contributed by atoms with Crippen molar-refractivity contribution in [2.24, 2.45) is 5.92 Å². The van der Waals surface area contributed by atoms with E-state index in [1.54, 1.807) is 0 Å². The molecule has 0 saturated carbocycles. The van der Waals surface area contributed by atoms with E-state index < -0.39 is 0 Å². The van der Waals surface area contributed by atoms with Crippen LogP contribution < -0.4 is 5.32 Å². The van der Waals surface area contributed by atoms with E-state index in [2.05, 4.69) is 34.2 Å². The van der Waals surface area contributed by atoms with Crippen LogP contribution >= 0.6 is 27.5 Å². The van der Waals surface area contributed by atoms with Crippen LogP contribution in [0.15, 0.2) is 22.7 Å². The fraction of sp³-hybridized carbons (Fsp3) is 0.571. The minimum absolute atomic E-state index is 0.296. The topological polar surface area (TPSA) is 21.3 Å². The first kappa shape index (κ1) is 14.3. The number of benzene rings is 1. The normalized spacial score (nSPS) is 21.2. The van der Waals surface area contributed by atoms with Crippen LogP contribution in [0.4, 0.5) is 0 Å². The quantitative estimate of drug-likeness (QED) is 0.873. The Labute approximate surface area is 122 Å². The van der Waals surface area contributed by atoms with Gasteiger partial charge in [-0.25, -0.2) is 0 Å². The summed E-state index contributed by atoms with van der Waals surface area (Å²) in [5.41, 5.74) is 1.17. The van der Waals surface area contributed by atoms with E-state index in [0.29, 0.717) is 12.0 Å². The molecule has 2 rings (SSSR count). The molecule has 100 valence electrons. The lowest BCUT2D eigenvalue weighted by atomic mass is 9.94. The van der Waals surface area contributed by atoms with E-state index in [1.807, 2.05) is 12.1 Å². The van der Waals surface area contributed by atoms with E-state index in [4.69, 9.17) is 16.3 Å². The Hall–Kier alpha value is -0.0900. The van der Waals surface area contributed by atoms with Crippen LogP contribution in [0.3, 0.4) is 0 Å². The molecule has 1 N–H and O–H groups in total. The third kappa shape index (κ3) is 3.47. The summed E-state index contributed by atoms with van der Waals surface area (Å²) in [5, 5.41) is 4.37. The maximum absolute atomic E-state index is 6.34. The summed E-state index contributed by atoms with van der Waals surface area (Å²) in [5.74, 6) is 0.636. The summed E-state index contributed by atoms with van der Waals surface area (Å²) in [6, 6.07) is 6.27. The molecule has 1 heterocycles. The number of hydrogen-bond donors (Lipinski definition) is 1. The zero-order valence-electron chi connectivity index (χ0n) is 10.6. The van der Waals surface area contributed by atoms with Crippen molar-refractivity contribution in [1.29, 1.82) is 0 Å². The minimum atomic E-state index is 0.296. The number of rotatable bonds is 5. The highest BCUT2D eigenvalue weighted by molar-refractivity contribution is 9.10. The summed E-state index contributed by atoms with van der Waals surface area (Å²) >= 11 is 9.96. The zero-order valence-corrected chi connectivity index (χ0v) is 12.9. The highest BCUT2D eigenvalue weighted by atomic mass is 79.9. The molecule has 2 atom stereocenters. The van der Waals surface area contributed by atoms with Crippen molar-refractivity contribution >= 4 is 27.5 Å². The van der Waals surface area contributed by atoms with Gasteiger partial charge in [0.2, 0.25) is 0 Å². The van der Waals surface area contributed by atoms with Crippen molar-refractivity contribution < 1.29 is 4.74 Å². The van der Waals surface area contributed by atoms with Gasteiger partial charge in [-0.15, -0.1) is 0 Å². The van der Waals surface area contributed by atoms with Gasteiger partial charge < -0.3 is 10.1 Å². The Morgan fingerprint density at radius 1 is 1.56 bits per heavy atom. The summed E-state index contributed by atoms with van der Waals surface area (Å²) in [7, 11) is 0. The highest BCUT2D eigenvalue weighted by Crippen LogP contribution is 2.35. The summed E-state index contributed by atoms with van der Waals surface area (Å²) in [6.07, 6.45) is 2.24. The van der Waals surface area contributed by atoms with Gasteiger partial charge in [0.1, 0.15) is 0 Å². The van der Waals surface area contributed by atoms with E-state index >= 15 is 0 Å². The Morgan fingerprint density at radius 2 is 2.39 bits per heavy atom. The Balaban J connectivity index is 2.17. The van der Waals surface area contributed by atoms with Gasteiger partial charge in [-0.3, -0.25) is 0 Å². The standard InChI is InChI=1S/C14H19BrClNO/c1-2-17-13(8-10-6-7-18-9-10)14-11(15)4-3-5-12(14)16/h3-5,10,13,17H,2,6-9H2,1H3. The SMILES string of the molecule is CCNC(CC1CCOC1)c1c(Cl)cccc1Br. The number of ether oxygens (including phenoxy) is 1. The lowest BCUT2D eigenvalue weighted by molar-refractivity contribution is 0.181. The fourth-order valence-electron chi connectivity index (χ4n) is 2.50. The second-order valence-corrected chi connectivity index (χ2v) is 5.97. The molecule has 2 unspecified atom stereocenters. The Bertz CT molecular complexity index is 373. The molecule has 4 heteroatoms. The van der Waals surface area contributed by atoms with Crippen LogP contribution in [-0.2, 0) is 4.74 Å². The first-order valence-electron chi connectivity index (χ1n) is 6.47. The zero-order chi connectivity index (χ0) is 13.0. The number of hydrogen-bond acceptors (Lipinski definition) is 2. The molecular weight excluding hydrogens is 314 g/mol. The monoisotopic (exact) mass is 331 g/mol. The highest BCUT2D eigenvalue weighted by Gasteiger charge is 2.24. The molecule has 0 amide bonds. The van der Waals surface area contributed by atoms with Crippen molar-refractivity contribution in [2.75, 3.05) is 19.8 Å². The van der Waals surface area contributed by atoms with Gasteiger partial charge >= 0.3 is 0 Å². The van der Waals surface area contributed by atoms with Crippen LogP contribution in [0.1, 0.15) is 31.4 Å². The Kier molecular flexibility index (Phi) is 5.49. The predicted molar refractivity (Wildman–Crippen MR) is 79.1 cm³/mol. The third-order valence-corrected chi connectivity index (χ3v) is 4.41. The van der Waals surface area contributed by atoms with Crippen molar-refractivity contribution in [3.05, 3.63) is 33.3 Å². The molecule has 0 aliphatic carbocycles. The van der Waals surface area contributed by atoms with Crippen LogP contribution in [0.2, 0.25) is 5.02 Å². The fourth-order valence-corrected chi connectivity index (χ4v) is 3.56. The van der Waals surface area contributed by atoms with Crippen molar-refractivity contribution in [3.63, 3.8) is 0 Å². The molecule has 1 aromatic rings. The molecular formula is C14H19BrClNO. The van der Waals surface area contributed by atoms with Gasteiger partial charge in [0.15, 0.2) is 0 Å². The van der Waals surface area contributed by atoms with Gasteiger partial charge in [-0.05, 0) is 37.4 Å². The lowest BCUT2D eigenvalue weighted by Crippen LogP contribution is -2.24. The predicted octanol–water partition coefficient (Wildman–Crippen LogP) is 4.18. The van der Waals surface area contributed by atoms with Crippen molar-refractivity contribution in [2.45, 2.75) is 25.8 Å². The molecule has 0 spiro atoms. The summed E-state index contributed by atoms with van der Waals surface area (Å²) in [4.78, 5) is 0. The van der Waals surface area contributed by atoms with Crippen molar-refractivity contribution in [1.82, 2.24) is 5.32 Å². The van der Waals surface area contributed by atoms with E-state index in [1.165, 1.54) is 5.56 Å². The van der Waals surface area contributed by atoms with Gasteiger partial charge in [0.25, 0.3) is 0 Å². The summed E-state index contributed by atoms with van der Waals surface area (Å²) < 4.78 is 6.54. The largest absolute Gasteiger partial charge is 0.381 e. The Morgan fingerprint density at radius 3 is 3.00 bits per heavy atom. The lowest BCUT2D eigenvalue weighted by Gasteiger charge is -2.23. The molecule has 0 bridgehead atoms. The maximum Gasteiger partial charge on any atom is 0.0495 e. The second-order valence-electron chi connectivity index (χ2n) is 4.71. The van der Waals surface area contributed by atoms with Crippen LogP contribution in [-0.4, -0.2) is 19.8 Å². The minimum Gasteiger partial charge on any atom is -0.381 e.